The van der Waals surface area contributed by atoms with E-state index in [4.69, 9.17) is 0 Å². The van der Waals surface area contributed by atoms with Crippen LogP contribution in [0, 0.1) is 6.07 Å². The summed E-state index contributed by atoms with van der Waals surface area (Å²) >= 11 is 4.25. The van der Waals surface area contributed by atoms with Gasteiger partial charge >= 0.3 is 30.0 Å². The van der Waals surface area contributed by atoms with E-state index >= 15 is 0 Å². The van der Waals surface area contributed by atoms with Gasteiger partial charge in [-0.1, -0.05) is 50.6 Å². The monoisotopic (exact) mass is 352 g/mol. The van der Waals surface area contributed by atoms with E-state index in [0.29, 0.717) is 0 Å². The predicted molar refractivity (Wildman–Crippen MR) is 78.3 cm³/mol. The molecule has 0 amide bonds. The van der Waals surface area contributed by atoms with Crippen molar-refractivity contribution in [2.75, 3.05) is 0 Å². The van der Waals surface area contributed by atoms with E-state index in [1.807, 2.05) is 18.2 Å². The van der Waals surface area contributed by atoms with Gasteiger partial charge in [0.25, 0.3) is 0 Å². The fourth-order valence-electron chi connectivity index (χ4n) is 1.74. The fourth-order valence-corrected chi connectivity index (χ4v) is 1.74. The molecule has 0 aliphatic heterocycles. The molecule has 0 aliphatic rings. The van der Waals surface area contributed by atoms with Gasteiger partial charge in [0.1, 0.15) is 0 Å². The second-order valence-corrected chi connectivity index (χ2v) is 5.12. The quantitative estimate of drug-likeness (QED) is 0.482. The van der Waals surface area contributed by atoms with Gasteiger partial charge in [0, 0.05) is 0 Å². The summed E-state index contributed by atoms with van der Waals surface area (Å²) < 4.78 is 0. The van der Waals surface area contributed by atoms with Crippen molar-refractivity contribution in [3.8, 4) is 11.1 Å². The molecule has 2 rings (SSSR count). The zero-order valence-corrected chi connectivity index (χ0v) is 15.8. The Bertz CT molecular complexity index is 455. The van der Waals surface area contributed by atoms with Crippen molar-refractivity contribution in [2.45, 2.75) is 26.2 Å². The number of hydrogen-bond acceptors (Lipinski definition) is 0. The van der Waals surface area contributed by atoms with Crippen LogP contribution in [0.3, 0.4) is 0 Å². The van der Waals surface area contributed by atoms with Gasteiger partial charge < -0.3 is 0 Å². The van der Waals surface area contributed by atoms with Gasteiger partial charge in [0.15, 0.2) is 0 Å². The summed E-state index contributed by atoms with van der Waals surface area (Å²) in [7, 11) is 0. The summed E-state index contributed by atoms with van der Waals surface area (Å²) in [4.78, 5) is 0. The summed E-state index contributed by atoms with van der Waals surface area (Å²) in [6.45, 7) is 6.70. The maximum atomic E-state index is 3.10. The summed E-state index contributed by atoms with van der Waals surface area (Å²) in [5.74, 6) is 0. The molecule has 0 saturated heterocycles. The average molecular weight is 355 g/mol. The fraction of sp³-hybridized carbons (Fsp3) is 0.250. The van der Waals surface area contributed by atoms with E-state index in [1.165, 1.54) is 33.0 Å². The predicted octanol–water partition coefficient (Wildman–Crippen LogP) is 5.29. The molecule has 0 aromatic heterocycles. The molecule has 0 saturated carbocycles. The summed E-state index contributed by atoms with van der Waals surface area (Å²) in [6, 6.07) is 20.0. The van der Waals surface area contributed by atoms with Crippen molar-refractivity contribution in [1.29, 1.82) is 0 Å². The first-order valence-electron chi connectivity index (χ1n) is 5.91. The number of hydrogen-bond donors (Lipinski definition) is 0. The minimum absolute atomic E-state index is 0.224. The first-order chi connectivity index (χ1) is 8.57. The normalized spacial score (nSPS) is 10.6. The number of rotatable bonds is 1. The van der Waals surface area contributed by atoms with Crippen LogP contribution in [0.5, 0.6) is 0 Å². The molecule has 0 spiro atoms. The first-order valence-corrected chi connectivity index (χ1v) is 12.9. The van der Waals surface area contributed by atoms with E-state index in [2.05, 4.69) is 70.8 Å². The molecule has 0 atom stereocenters. The Balaban J connectivity index is 0.000000771. The van der Waals surface area contributed by atoms with Crippen molar-refractivity contribution >= 4 is 13.6 Å². The third-order valence-electron chi connectivity index (χ3n) is 2.79. The van der Waals surface area contributed by atoms with E-state index in [0.717, 1.165) is 0 Å². The SMILES string of the molecule is CC(C)(C)c1ccc(-c2c[c-]ccc2)cc1.[Zn+][Br]. The van der Waals surface area contributed by atoms with Crippen LogP contribution in [-0.4, -0.2) is 0 Å². The van der Waals surface area contributed by atoms with Gasteiger partial charge in [0.05, 0.1) is 0 Å². The van der Waals surface area contributed by atoms with Crippen LogP contribution < -0.4 is 0 Å². The third-order valence-corrected chi connectivity index (χ3v) is 2.79. The van der Waals surface area contributed by atoms with E-state index in [-0.39, 0.29) is 5.41 Å². The molecule has 2 heteroatoms. The van der Waals surface area contributed by atoms with Crippen LogP contribution in [0.15, 0.2) is 48.5 Å². The van der Waals surface area contributed by atoms with E-state index < -0.39 is 0 Å². The van der Waals surface area contributed by atoms with Crippen molar-refractivity contribution in [3.63, 3.8) is 0 Å². The van der Waals surface area contributed by atoms with Crippen LogP contribution in [0.4, 0.5) is 0 Å². The van der Waals surface area contributed by atoms with Crippen LogP contribution >= 0.6 is 13.6 Å². The third kappa shape index (κ3) is 4.33. The zero-order valence-electron chi connectivity index (χ0n) is 11.2. The molecule has 0 radical (unpaired) electrons. The molecule has 0 bridgehead atoms. The molecule has 0 nitrogen and oxygen atoms in total. The summed E-state index contributed by atoms with van der Waals surface area (Å²) in [5.41, 5.74) is 4.07. The van der Waals surface area contributed by atoms with Gasteiger partial charge in [-0.25, -0.2) is 0 Å². The molecule has 0 aliphatic carbocycles. The Hall–Kier alpha value is -0.457. The molecule has 90 valence electrons. The summed E-state index contributed by atoms with van der Waals surface area (Å²) in [5, 5.41) is 0. The second-order valence-electron chi connectivity index (χ2n) is 5.12. The van der Waals surface area contributed by atoms with Crippen LogP contribution in [0.1, 0.15) is 26.3 Å². The van der Waals surface area contributed by atoms with Gasteiger partial charge in [-0.15, -0.1) is 5.56 Å². The van der Waals surface area contributed by atoms with Crippen molar-refractivity contribution in [3.05, 3.63) is 60.2 Å². The van der Waals surface area contributed by atoms with Crippen LogP contribution in [0.2, 0.25) is 0 Å². The molecule has 0 N–H and O–H groups in total. The van der Waals surface area contributed by atoms with Gasteiger partial charge in [-0.05, 0) is 11.0 Å². The topological polar surface area (TPSA) is 0 Å². The first kappa shape index (κ1) is 15.6. The Labute approximate surface area is 127 Å². The number of halogens is 1. The Morgan fingerprint density at radius 3 is 2.00 bits per heavy atom. The van der Waals surface area contributed by atoms with Crippen molar-refractivity contribution < 1.29 is 16.3 Å². The van der Waals surface area contributed by atoms with Crippen molar-refractivity contribution in [1.82, 2.24) is 0 Å². The second kappa shape index (κ2) is 7.21. The minimum atomic E-state index is 0.224. The average Bonchev–Trinajstić information content (AvgIpc) is 2.41. The maximum absolute atomic E-state index is 3.10. The van der Waals surface area contributed by atoms with Crippen LogP contribution in [0.25, 0.3) is 11.1 Å². The zero-order chi connectivity index (χ0) is 13.6. The van der Waals surface area contributed by atoms with Crippen LogP contribution in [-0.2, 0) is 21.8 Å². The molecule has 2 aromatic rings. The van der Waals surface area contributed by atoms with Gasteiger partial charge in [0.2, 0.25) is 0 Å². The molecule has 0 fully saturated rings. The molecular weight excluding hydrogens is 337 g/mol. The Morgan fingerprint density at radius 2 is 1.56 bits per heavy atom. The molecule has 18 heavy (non-hydrogen) atoms. The van der Waals surface area contributed by atoms with E-state index in [9.17, 15) is 0 Å². The standard InChI is InChI=1S/C16H17.BrH.Zn/c1-16(2,3)15-11-9-14(10-12-15)13-7-5-4-6-8-13;;/h4-5,7-12H,1-3H3;1H;/q-1;;+2/p-1. The molecule has 0 heterocycles. The van der Waals surface area contributed by atoms with Gasteiger partial charge in [-0.3, -0.25) is 0 Å². The van der Waals surface area contributed by atoms with E-state index in [1.54, 1.807) is 0 Å². The summed E-state index contributed by atoms with van der Waals surface area (Å²) in [6.07, 6.45) is 0. The Kier molecular flexibility index (Phi) is 6.25. The molecule has 0 unspecified atom stereocenters. The van der Waals surface area contributed by atoms with Crippen molar-refractivity contribution in [2.24, 2.45) is 0 Å². The molecule has 2 aromatic carbocycles. The molecular formula is C16H17BrZn. The number of benzene rings is 2. The van der Waals surface area contributed by atoms with Gasteiger partial charge in [-0.2, -0.15) is 30.3 Å². The Morgan fingerprint density at radius 1 is 0.944 bits per heavy atom.